The first-order chi connectivity index (χ1) is 8.94. The quantitative estimate of drug-likeness (QED) is 0.769. The molecule has 1 fully saturated rings. The molecule has 1 rings (SSSR count). The lowest BCUT2D eigenvalue weighted by atomic mass is 9.72. The number of rotatable bonds is 7. The normalized spacial score (nSPS) is 28.6. The lowest BCUT2D eigenvalue weighted by Crippen LogP contribution is -2.56. The molecule has 3 atom stereocenters. The van der Waals surface area contributed by atoms with Gasteiger partial charge >= 0.3 is 0 Å². The third-order valence-electron chi connectivity index (χ3n) is 4.44. The molecular weight excluding hydrogens is 242 g/mol. The molecule has 0 aliphatic heterocycles. The summed E-state index contributed by atoms with van der Waals surface area (Å²) in [7, 11) is 3.45. The predicted molar refractivity (Wildman–Crippen MR) is 77.3 cm³/mol. The highest BCUT2D eigenvalue weighted by molar-refractivity contribution is 4.94. The molecule has 3 unspecified atom stereocenters. The zero-order valence-corrected chi connectivity index (χ0v) is 13.2. The first-order valence-electron chi connectivity index (χ1n) is 7.35. The second-order valence-electron chi connectivity index (χ2n) is 6.43. The van der Waals surface area contributed by atoms with Crippen LogP contribution in [0.2, 0.25) is 0 Å². The highest BCUT2D eigenvalue weighted by Gasteiger charge is 2.41. The summed E-state index contributed by atoms with van der Waals surface area (Å²) in [6.07, 6.45) is 3.05. The molecule has 0 aromatic heterocycles. The lowest BCUT2D eigenvalue weighted by molar-refractivity contribution is -0.0789. The SMILES string of the molecule is COCCN(C(C)COC)C1CCCC(C)(C)C1O. The second kappa shape index (κ2) is 7.58. The summed E-state index contributed by atoms with van der Waals surface area (Å²) in [5.74, 6) is 0. The van der Waals surface area contributed by atoms with Crippen LogP contribution in [-0.4, -0.2) is 62.2 Å². The van der Waals surface area contributed by atoms with Crippen LogP contribution >= 0.6 is 0 Å². The van der Waals surface area contributed by atoms with Crippen molar-refractivity contribution in [1.82, 2.24) is 4.90 Å². The number of aliphatic hydroxyl groups excluding tert-OH is 1. The molecule has 0 spiro atoms. The van der Waals surface area contributed by atoms with Crippen molar-refractivity contribution in [2.75, 3.05) is 34.0 Å². The smallest absolute Gasteiger partial charge is 0.0746 e. The Labute approximate surface area is 118 Å². The summed E-state index contributed by atoms with van der Waals surface area (Å²) in [5, 5.41) is 10.7. The number of aliphatic hydroxyl groups is 1. The van der Waals surface area contributed by atoms with E-state index in [-0.39, 0.29) is 17.6 Å². The summed E-state index contributed by atoms with van der Waals surface area (Å²) in [6.45, 7) is 8.72. The Hall–Kier alpha value is -0.160. The van der Waals surface area contributed by atoms with Gasteiger partial charge < -0.3 is 14.6 Å². The maximum atomic E-state index is 10.7. The van der Waals surface area contributed by atoms with E-state index >= 15 is 0 Å². The van der Waals surface area contributed by atoms with E-state index in [2.05, 4.69) is 25.7 Å². The molecule has 0 amide bonds. The Kier molecular flexibility index (Phi) is 6.74. The topological polar surface area (TPSA) is 41.9 Å². The molecule has 1 aliphatic rings. The molecule has 1 saturated carbocycles. The second-order valence-corrected chi connectivity index (χ2v) is 6.43. The van der Waals surface area contributed by atoms with Gasteiger partial charge in [-0.05, 0) is 25.2 Å². The summed E-state index contributed by atoms with van der Waals surface area (Å²) < 4.78 is 10.5. The fourth-order valence-corrected chi connectivity index (χ4v) is 3.19. The van der Waals surface area contributed by atoms with Crippen molar-refractivity contribution in [3.05, 3.63) is 0 Å². The number of hydrogen-bond donors (Lipinski definition) is 1. The highest BCUT2D eigenvalue weighted by atomic mass is 16.5. The standard InChI is InChI=1S/C15H31NO3/c1-12(11-19-5)16(9-10-18-4)13-7-6-8-15(2,3)14(13)17/h12-14,17H,6-11H2,1-5H3. The molecule has 0 saturated heterocycles. The van der Waals surface area contributed by atoms with Gasteiger partial charge in [0.25, 0.3) is 0 Å². The van der Waals surface area contributed by atoms with Crippen molar-refractivity contribution < 1.29 is 14.6 Å². The zero-order valence-electron chi connectivity index (χ0n) is 13.2. The van der Waals surface area contributed by atoms with Gasteiger partial charge in [-0.25, -0.2) is 0 Å². The van der Waals surface area contributed by atoms with Crippen molar-refractivity contribution >= 4 is 0 Å². The Bertz CT molecular complexity index is 258. The lowest BCUT2D eigenvalue weighted by Gasteiger charge is -2.47. The Morgan fingerprint density at radius 1 is 1.32 bits per heavy atom. The molecule has 1 aliphatic carbocycles. The van der Waals surface area contributed by atoms with Gasteiger partial charge in [-0.2, -0.15) is 0 Å². The van der Waals surface area contributed by atoms with Gasteiger partial charge in [-0.1, -0.05) is 20.3 Å². The first-order valence-corrected chi connectivity index (χ1v) is 7.35. The largest absolute Gasteiger partial charge is 0.391 e. The van der Waals surface area contributed by atoms with Gasteiger partial charge in [0, 0.05) is 32.8 Å². The summed E-state index contributed by atoms with van der Waals surface area (Å²) in [4.78, 5) is 2.36. The zero-order chi connectivity index (χ0) is 14.5. The van der Waals surface area contributed by atoms with Crippen LogP contribution in [0.4, 0.5) is 0 Å². The molecule has 19 heavy (non-hydrogen) atoms. The molecular formula is C15H31NO3. The Balaban J connectivity index is 2.77. The van der Waals surface area contributed by atoms with Gasteiger partial charge in [0.15, 0.2) is 0 Å². The van der Waals surface area contributed by atoms with Gasteiger partial charge in [0.1, 0.15) is 0 Å². The average Bonchev–Trinajstić information content (AvgIpc) is 2.35. The number of ether oxygens (including phenoxy) is 2. The minimum absolute atomic E-state index is 0.00102. The van der Waals surface area contributed by atoms with Crippen LogP contribution in [0.25, 0.3) is 0 Å². The van der Waals surface area contributed by atoms with E-state index in [0.717, 1.165) is 19.4 Å². The molecule has 114 valence electrons. The molecule has 4 nitrogen and oxygen atoms in total. The third-order valence-corrected chi connectivity index (χ3v) is 4.44. The van der Waals surface area contributed by atoms with E-state index in [1.165, 1.54) is 6.42 Å². The van der Waals surface area contributed by atoms with Crippen molar-refractivity contribution in [3.63, 3.8) is 0 Å². The Morgan fingerprint density at radius 3 is 2.58 bits per heavy atom. The summed E-state index contributed by atoms with van der Waals surface area (Å²) in [6, 6.07) is 0.512. The Morgan fingerprint density at radius 2 is 2.00 bits per heavy atom. The van der Waals surface area contributed by atoms with Crippen LogP contribution < -0.4 is 0 Å². The number of methoxy groups -OCH3 is 2. The van der Waals surface area contributed by atoms with Crippen molar-refractivity contribution in [2.24, 2.45) is 5.41 Å². The molecule has 0 aromatic carbocycles. The van der Waals surface area contributed by atoms with Gasteiger partial charge in [0.05, 0.1) is 19.3 Å². The van der Waals surface area contributed by atoms with Crippen LogP contribution in [0.1, 0.15) is 40.0 Å². The van der Waals surface area contributed by atoms with E-state index < -0.39 is 0 Å². The van der Waals surface area contributed by atoms with Gasteiger partial charge in [-0.15, -0.1) is 0 Å². The fourth-order valence-electron chi connectivity index (χ4n) is 3.19. The molecule has 1 N–H and O–H groups in total. The molecule has 0 radical (unpaired) electrons. The van der Waals surface area contributed by atoms with Crippen molar-refractivity contribution in [1.29, 1.82) is 0 Å². The fraction of sp³-hybridized carbons (Fsp3) is 1.00. The number of hydrogen-bond acceptors (Lipinski definition) is 4. The molecule has 0 bridgehead atoms. The number of nitrogens with zero attached hydrogens (tertiary/aromatic N) is 1. The van der Waals surface area contributed by atoms with Gasteiger partial charge in [0.2, 0.25) is 0 Å². The van der Waals surface area contributed by atoms with E-state index in [1.807, 2.05) is 0 Å². The monoisotopic (exact) mass is 273 g/mol. The molecule has 4 heteroatoms. The van der Waals surface area contributed by atoms with Gasteiger partial charge in [-0.3, -0.25) is 4.90 Å². The maximum absolute atomic E-state index is 10.7. The predicted octanol–water partition coefficient (Wildman–Crippen LogP) is 1.91. The van der Waals surface area contributed by atoms with Crippen LogP contribution in [0.15, 0.2) is 0 Å². The average molecular weight is 273 g/mol. The van der Waals surface area contributed by atoms with E-state index in [0.29, 0.717) is 19.3 Å². The summed E-state index contributed by atoms with van der Waals surface area (Å²) >= 11 is 0. The molecule has 0 aromatic rings. The van der Waals surface area contributed by atoms with E-state index in [4.69, 9.17) is 9.47 Å². The third kappa shape index (κ3) is 4.42. The first kappa shape index (κ1) is 16.9. The highest BCUT2D eigenvalue weighted by Crippen LogP contribution is 2.38. The van der Waals surface area contributed by atoms with Crippen LogP contribution in [0, 0.1) is 5.41 Å². The minimum atomic E-state index is -0.280. The van der Waals surface area contributed by atoms with Crippen LogP contribution in [0.5, 0.6) is 0 Å². The van der Waals surface area contributed by atoms with Crippen molar-refractivity contribution in [2.45, 2.75) is 58.2 Å². The van der Waals surface area contributed by atoms with E-state index in [9.17, 15) is 5.11 Å². The minimum Gasteiger partial charge on any atom is -0.391 e. The van der Waals surface area contributed by atoms with E-state index in [1.54, 1.807) is 14.2 Å². The summed E-state index contributed by atoms with van der Waals surface area (Å²) in [5.41, 5.74) is 0.00102. The van der Waals surface area contributed by atoms with Crippen LogP contribution in [-0.2, 0) is 9.47 Å². The molecule has 0 heterocycles. The van der Waals surface area contributed by atoms with Crippen LogP contribution in [0.3, 0.4) is 0 Å². The van der Waals surface area contributed by atoms with Crippen molar-refractivity contribution in [3.8, 4) is 0 Å². The maximum Gasteiger partial charge on any atom is 0.0746 e.